The second kappa shape index (κ2) is 10.8. The standard InChI is InChI=1S/C57H45N3/c1-3-10-30(11-4-1)53-58-54(31-12-5-2-6-13-31)60-55(59-53)41-17-9-16-40-38-14-7-8-15-39(38)44-24-42-32-18-34-20-36-22-50(56(34,36)28-32)47(42)26-45(44)46-27-48-43(25-49(46)52(40)41)33-19-35-21-37-23-51(48)57(35,37)29-33/h1-17,24-27,32-37,50-51H,18-23,28-29H2. The molecule has 9 aliphatic carbocycles. The second-order valence-corrected chi connectivity index (χ2v) is 20.7. The minimum Gasteiger partial charge on any atom is -0.208 e. The van der Waals surface area contributed by atoms with E-state index in [2.05, 4.69) is 127 Å². The van der Waals surface area contributed by atoms with E-state index in [1.54, 1.807) is 22.3 Å². The van der Waals surface area contributed by atoms with Gasteiger partial charge in [-0.25, -0.2) is 15.0 Å². The molecule has 3 heteroatoms. The van der Waals surface area contributed by atoms with Crippen LogP contribution in [0.5, 0.6) is 0 Å². The van der Waals surface area contributed by atoms with Crippen molar-refractivity contribution in [1.29, 1.82) is 0 Å². The molecule has 1 aromatic heterocycles. The summed E-state index contributed by atoms with van der Waals surface area (Å²) in [5, 5.41) is 0. The highest BCUT2D eigenvalue weighted by Crippen LogP contribution is 2.83. The fourth-order valence-corrected chi connectivity index (χ4v) is 16.6. The summed E-state index contributed by atoms with van der Waals surface area (Å²) in [6, 6.07) is 48.2. The van der Waals surface area contributed by atoms with Crippen molar-refractivity contribution in [2.45, 2.75) is 75.0 Å². The van der Waals surface area contributed by atoms with E-state index in [0.717, 1.165) is 63.9 Å². The molecule has 3 nitrogen and oxygen atoms in total. The van der Waals surface area contributed by atoms with Gasteiger partial charge < -0.3 is 0 Å². The van der Waals surface area contributed by atoms with E-state index in [1.165, 1.54) is 95.9 Å². The van der Waals surface area contributed by atoms with Crippen molar-refractivity contribution in [2.75, 3.05) is 0 Å². The molecule has 0 aliphatic heterocycles. The summed E-state index contributed by atoms with van der Waals surface area (Å²) >= 11 is 0. The van der Waals surface area contributed by atoms with Crippen molar-refractivity contribution in [3.63, 3.8) is 0 Å². The molecular weight excluding hydrogens is 727 g/mol. The Morgan fingerprint density at radius 2 is 0.783 bits per heavy atom. The zero-order valence-electron chi connectivity index (χ0n) is 33.7. The molecule has 16 rings (SSSR count). The Morgan fingerprint density at radius 3 is 1.37 bits per heavy atom. The SMILES string of the molecule is c1ccc(-c2nc(-c3ccccc3)nc(-c3cccc4c3-c3cc5c(cc3-c3cc6c(cc3-c3ccccc3-4)C3CC4CC7CC6C47C3)C3CC4CC6CC5CC643)n2)cc1. The third-order valence-corrected chi connectivity index (χ3v) is 19.0. The summed E-state index contributed by atoms with van der Waals surface area (Å²) in [6.07, 6.45) is 11.4. The predicted molar refractivity (Wildman–Crippen MR) is 238 cm³/mol. The van der Waals surface area contributed by atoms with Crippen LogP contribution in [0.15, 0.2) is 127 Å². The molecule has 288 valence electrons. The van der Waals surface area contributed by atoms with Crippen LogP contribution in [0.2, 0.25) is 0 Å². The van der Waals surface area contributed by atoms with Gasteiger partial charge >= 0.3 is 0 Å². The van der Waals surface area contributed by atoms with Gasteiger partial charge in [0.2, 0.25) is 0 Å². The van der Waals surface area contributed by atoms with Crippen LogP contribution >= 0.6 is 0 Å². The van der Waals surface area contributed by atoms with Gasteiger partial charge in [-0.2, -0.15) is 0 Å². The average Bonchev–Trinajstić information content (AvgIpc) is 3.86. The summed E-state index contributed by atoms with van der Waals surface area (Å²) in [7, 11) is 0. The highest BCUT2D eigenvalue weighted by Gasteiger charge is 2.73. The highest BCUT2D eigenvalue weighted by atomic mass is 15.0. The van der Waals surface area contributed by atoms with Crippen molar-refractivity contribution in [3.05, 3.63) is 150 Å². The quantitative estimate of drug-likeness (QED) is 0.180. The van der Waals surface area contributed by atoms with E-state index < -0.39 is 0 Å². The van der Waals surface area contributed by atoms with Gasteiger partial charge in [-0.15, -0.1) is 0 Å². The van der Waals surface area contributed by atoms with Crippen LogP contribution in [0.1, 0.15) is 97.3 Å². The molecule has 0 amide bonds. The van der Waals surface area contributed by atoms with Gasteiger partial charge in [-0.05, 0) is 195 Å². The fourth-order valence-electron chi connectivity index (χ4n) is 16.6. The van der Waals surface area contributed by atoms with E-state index in [9.17, 15) is 0 Å². The Bertz CT molecular complexity index is 3020. The van der Waals surface area contributed by atoms with Crippen LogP contribution in [0.4, 0.5) is 0 Å². The number of nitrogens with zero attached hydrogens (tertiary/aromatic N) is 3. The molecule has 9 aliphatic rings. The highest BCUT2D eigenvalue weighted by molar-refractivity contribution is 6.07. The Morgan fingerprint density at radius 1 is 0.350 bits per heavy atom. The molecule has 1 heterocycles. The van der Waals surface area contributed by atoms with Crippen LogP contribution in [-0.2, 0) is 0 Å². The van der Waals surface area contributed by atoms with Gasteiger partial charge in [0.1, 0.15) is 0 Å². The van der Waals surface area contributed by atoms with Crippen molar-refractivity contribution in [3.8, 4) is 78.7 Å². The molecule has 2 spiro atoms. The largest absolute Gasteiger partial charge is 0.208 e. The Kier molecular flexibility index (Phi) is 5.78. The summed E-state index contributed by atoms with van der Waals surface area (Å²) in [4.78, 5) is 15.9. The van der Waals surface area contributed by atoms with Crippen molar-refractivity contribution >= 4 is 0 Å². The smallest absolute Gasteiger partial charge is 0.164 e. The lowest BCUT2D eigenvalue weighted by atomic mass is 9.36. The fraction of sp³-hybridized carbons (Fsp3) is 0.316. The second-order valence-electron chi connectivity index (χ2n) is 20.7. The first-order valence-corrected chi connectivity index (χ1v) is 23.1. The van der Waals surface area contributed by atoms with Crippen LogP contribution < -0.4 is 0 Å². The van der Waals surface area contributed by atoms with E-state index >= 15 is 0 Å². The van der Waals surface area contributed by atoms with Gasteiger partial charge in [0.15, 0.2) is 17.5 Å². The number of fused-ring (bicyclic) bond motifs is 16. The molecule has 60 heavy (non-hydrogen) atoms. The van der Waals surface area contributed by atoms with Crippen LogP contribution in [-0.4, -0.2) is 15.0 Å². The molecule has 0 saturated heterocycles. The van der Waals surface area contributed by atoms with Gasteiger partial charge in [0.05, 0.1) is 0 Å². The summed E-state index contributed by atoms with van der Waals surface area (Å²) < 4.78 is 0. The lowest BCUT2D eigenvalue weighted by Gasteiger charge is -2.68. The third-order valence-electron chi connectivity index (χ3n) is 19.0. The predicted octanol–water partition coefficient (Wildman–Crippen LogP) is 13.9. The molecule has 10 unspecified atom stereocenters. The molecule has 0 radical (unpaired) electrons. The van der Waals surface area contributed by atoms with E-state index in [-0.39, 0.29) is 0 Å². The lowest BCUT2D eigenvalue weighted by molar-refractivity contribution is -0.146. The van der Waals surface area contributed by atoms with Crippen LogP contribution in [0.25, 0.3) is 78.7 Å². The Balaban J connectivity index is 1.00. The Labute approximate surface area is 351 Å². The Hall–Kier alpha value is -5.67. The first-order chi connectivity index (χ1) is 29.6. The molecule has 10 atom stereocenters. The monoisotopic (exact) mass is 771 g/mol. The van der Waals surface area contributed by atoms with Gasteiger partial charge in [0.25, 0.3) is 0 Å². The van der Waals surface area contributed by atoms with Gasteiger partial charge in [0, 0.05) is 22.3 Å². The van der Waals surface area contributed by atoms with E-state index in [4.69, 9.17) is 15.0 Å². The van der Waals surface area contributed by atoms with Crippen LogP contribution in [0.3, 0.4) is 0 Å². The van der Waals surface area contributed by atoms with Crippen molar-refractivity contribution in [2.24, 2.45) is 34.5 Å². The molecule has 6 aromatic carbocycles. The topological polar surface area (TPSA) is 38.7 Å². The molecule has 4 bridgehead atoms. The average molecular weight is 772 g/mol. The van der Waals surface area contributed by atoms with E-state index in [0.29, 0.717) is 28.4 Å². The van der Waals surface area contributed by atoms with Crippen LogP contribution in [0, 0.1) is 34.5 Å². The minimum absolute atomic E-state index is 0.590. The van der Waals surface area contributed by atoms with Crippen molar-refractivity contribution in [1.82, 2.24) is 15.0 Å². The molecule has 6 fully saturated rings. The summed E-state index contributed by atoms with van der Waals surface area (Å²) in [5.74, 6) is 8.79. The maximum Gasteiger partial charge on any atom is 0.164 e. The zero-order valence-corrected chi connectivity index (χ0v) is 33.7. The van der Waals surface area contributed by atoms with Gasteiger partial charge in [-0.3, -0.25) is 0 Å². The summed E-state index contributed by atoms with van der Waals surface area (Å²) in [6.45, 7) is 0. The number of benzene rings is 6. The summed E-state index contributed by atoms with van der Waals surface area (Å²) in [5.41, 5.74) is 21.9. The van der Waals surface area contributed by atoms with Crippen molar-refractivity contribution < 1.29 is 0 Å². The molecule has 6 saturated carbocycles. The first kappa shape index (κ1) is 32.1. The number of aromatic nitrogens is 3. The molecule has 7 aromatic rings. The number of hydrogen-bond acceptors (Lipinski definition) is 3. The maximum absolute atomic E-state index is 5.40. The molecular formula is C57H45N3. The zero-order chi connectivity index (χ0) is 38.6. The molecule has 0 N–H and O–H groups in total. The lowest BCUT2D eigenvalue weighted by Crippen LogP contribution is -2.59. The number of rotatable bonds is 3. The third kappa shape index (κ3) is 3.69. The number of hydrogen-bond donors (Lipinski definition) is 0. The van der Waals surface area contributed by atoms with E-state index in [1.807, 2.05) is 0 Å². The van der Waals surface area contributed by atoms with Gasteiger partial charge in [-0.1, -0.05) is 103 Å². The minimum atomic E-state index is 0.590. The normalized spacial score (nSPS) is 32.6. The maximum atomic E-state index is 5.40. The first-order valence-electron chi connectivity index (χ1n) is 23.1.